The predicted octanol–water partition coefficient (Wildman–Crippen LogP) is 4.78. The zero-order chi connectivity index (χ0) is 17.8. The molecule has 1 amide bonds. The van der Waals surface area contributed by atoms with Crippen molar-refractivity contribution in [3.8, 4) is 16.3 Å². The van der Waals surface area contributed by atoms with Crippen LogP contribution in [0.3, 0.4) is 0 Å². The first kappa shape index (κ1) is 16.3. The van der Waals surface area contributed by atoms with E-state index in [1.165, 1.54) is 0 Å². The maximum atomic E-state index is 12.4. The van der Waals surface area contributed by atoms with Gasteiger partial charge in [-0.1, -0.05) is 24.3 Å². The fourth-order valence-corrected chi connectivity index (χ4v) is 3.41. The normalized spacial score (nSPS) is 10.6. The van der Waals surface area contributed by atoms with Gasteiger partial charge in [0.15, 0.2) is 0 Å². The number of amides is 1. The zero-order valence-electron chi connectivity index (χ0n) is 14.0. The first-order valence-electron chi connectivity index (χ1n) is 8.30. The molecule has 0 aliphatic heterocycles. The quantitative estimate of drug-likeness (QED) is 0.557. The lowest BCUT2D eigenvalue weighted by atomic mass is 10.1. The molecule has 0 saturated heterocycles. The average molecular weight is 359 g/mol. The van der Waals surface area contributed by atoms with E-state index in [-0.39, 0.29) is 5.91 Å². The highest BCUT2D eigenvalue weighted by atomic mass is 32.1. The van der Waals surface area contributed by atoms with E-state index in [4.69, 9.17) is 0 Å². The summed E-state index contributed by atoms with van der Waals surface area (Å²) in [5.41, 5.74) is 3.85. The first-order valence-corrected chi connectivity index (χ1v) is 9.18. The Morgan fingerprint density at radius 2 is 1.85 bits per heavy atom. The molecule has 1 N–H and O–H groups in total. The number of nitrogens with zero attached hydrogens (tertiary/aromatic N) is 2. The molecule has 0 aliphatic rings. The molecule has 128 valence electrons. The SMILES string of the molecule is O=C(Cc1ccc(-n2cccc2)cc1)Nc1cccc(-c2nccs2)c1. The van der Waals surface area contributed by atoms with Gasteiger partial charge in [-0.05, 0) is 42.0 Å². The van der Waals surface area contributed by atoms with Crippen LogP contribution in [-0.2, 0) is 11.2 Å². The third kappa shape index (κ3) is 3.73. The van der Waals surface area contributed by atoms with Crippen molar-refractivity contribution in [2.75, 3.05) is 5.32 Å². The molecular formula is C21H17N3OS. The van der Waals surface area contributed by atoms with E-state index in [2.05, 4.69) is 10.3 Å². The Hall–Kier alpha value is -3.18. The first-order chi connectivity index (χ1) is 12.8. The lowest BCUT2D eigenvalue weighted by molar-refractivity contribution is -0.115. The van der Waals surface area contributed by atoms with Gasteiger partial charge in [-0.15, -0.1) is 11.3 Å². The lowest BCUT2D eigenvalue weighted by Crippen LogP contribution is -2.14. The van der Waals surface area contributed by atoms with Crippen LogP contribution >= 0.6 is 11.3 Å². The molecule has 4 rings (SSSR count). The van der Waals surface area contributed by atoms with E-state index in [9.17, 15) is 4.79 Å². The standard InChI is InChI=1S/C21H17N3OS/c25-20(14-16-6-8-19(9-7-16)24-11-1-2-12-24)23-18-5-3-4-17(15-18)21-22-10-13-26-21/h1-13,15H,14H2,(H,23,25). The van der Waals surface area contributed by atoms with E-state index >= 15 is 0 Å². The van der Waals surface area contributed by atoms with Crippen molar-refractivity contribution in [2.45, 2.75) is 6.42 Å². The van der Waals surface area contributed by atoms with Gasteiger partial charge in [-0.25, -0.2) is 4.98 Å². The van der Waals surface area contributed by atoms with Crippen molar-refractivity contribution < 1.29 is 4.79 Å². The van der Waals surface area contributed by atoms with Crippen LogP contribution in [0, 0.1) is 0 Å². The summed E-state index contributed by atoms with van der Waals surface area (Å²) in [6.45, 7) is 0. The van der Waals surface area contributed by atoms with E-state index in [0.717, 1.165) is 27.5 Å². The van der Waals surface area contributed by atoms with E-state index in [1.807, 2.05) is 83.0 Å². The fourth-order valence-electron chi connectivity index (χ4n) is 2.78. The third-order valence-electron chi connectivity index (χ3n) is 4.03. The smallest absolute Gasteiger partial charge is 0.228 e. The fraction of sp³-hybridized carbons (Fsp3) is 0.0476. The van der Waals surface area contributed by atoms with Crippen LogP contribution in [0.5, 0.6) is 0 Å². The van der Waals surface area contributed by atoms with Crippen LogP contribution < -0.4 is 5.32 Å². The molecule has 0 unspecified atom stereocenters. The van der Waals surface area contributed by atoms with Gasteiger partial charge < -0.3 is 9.88 Å². The highest BCUT2D eigenvalue weighted by Crippen LogP contribution is 2.24. The van der Waals surface area contributed by atoms with Gasteiger partial charge in [0.1, 0.15) is 5.01 Å². The second kappa shape index (κ2) is 7.37. The number of rotatable bonds is 5. The molecule has 0 bridgehead atoms. The molecule has 5 heteroatoms. The number of nitrogens with one attached hydrogen (secondary N) is 1. The van der Waals surface area contributed by atoms with Gasteiger partial charge in [0.25, 0.3) is 0 Å². The van der Waals surface area contributed by atoms with Crippen LogP contribution in [-0.4, -0.2) is 15.5 Å². The molecule has 0 saturated carbocycles. The summed E-state index contributed by atoms with van der Waals surface area (Å²) in [6, 6.07) is 19.8. The van der Waals surface area contributed by atoms with E-state index < -0.39 is 0 Å². The number of benzene rings is 2. The second-order valence-corrected chi connectivity index (χ2v) is 6.79. The summed E-state index contributed by atoms with van der Waals surface area (Å²) in [5.74, 6) is -0.0324. The maximum absolute atomic E-state index is 12.4. The van der Waals surface area contributed by atoms with Crippen LogP contribution in [0.1, 0.15) is 5.56 Å². The molecule has 2 aromatic heterocycles. The van der Waals surface area contributed by atoms with Crippen molar-refractivity contribution in [3.63, 3.8) is 0 Å². The Bertz CT molecular complexity index is 990. The monoisotopic (exact) mass is 359 g/mol. The predicted molar refractivity (Wildman–Crippen MR) is 106 cm³/mol. The number of anilines is 1. The minimum absolute atomic E-state index is 0.0324. The van der Waals surface area contributed by atoms with Crippen LogP contribution in [0.2, 0.25) is 0 Å². The summed E-state index contributed by atoms with van der Waals surface area (Å²) in [7, 11) is 0. The zero-order valence-corrected chi connectivity index (χ0v) is 14.8. The van der Waals surface area contributed by atoms with Gasteiger partial charge in [0.05, 0.1) is 6.42 Å². The van der Waals surface area contributed by atoms with Gasteiger partial charge >= 0.3 is 0 Å². The molecule has 0 fully saturated rings. The molecule has 0 atom stereocenters. The highest BCUT2D eigenvalue weighted by molar-refractivity contribution is 7.13. The number of hydrogen-bond acceptors (Lipinski definition) is 3. The number of hydrogen-bond donors (Lipinski definition) is 1. The molecule has 0 aliphatic carbocycles. The minimum Gasteiger partial charge on any atom is -0.326 e. The Morgan fingerprint density at radius 3 is 2.58 bits per heavy atom. The highest BCUT2D eigenvalue weighted by Gasteiger charge is 2.07. The molecule has 26 heavy (non-hydrogen) atoms. The molecule has 2 aromatic carbocycles. The molecular weight excluding hydrogens is 342 g/mol. The van der Waals surface area contributed by atoms with Gasteiger partial charge in [0, 0.05) is 40.9 Å². The summed E-state index contributed by atoms with van der Waals surface area (Å²) in [5, 5.41) is 5.86. The third-order valence-corrected chi connectivity index (χ3v) is 4.85. The number of thiazole rings is 1. The Kier molecular flexibility index (Phi) is 4.62. The van der Waals surface area contributed by atoms with Crippen molar-refractivity contribution in [1.82, 2.24) is 9.55 Å². The van der Waals surface area contributed by atoms with E-state index in [1.54, 1.807) is 17.5 Å². The molecule has 2 heterocycles. The Labute approximate surface area is 155 Å². The average Bonchev–Trinajstić information content (AvgIpc) is 3.37. The van der Waals surface area contributed by atoms with Gasteiger partial charge in [-0.3, -0.25) is 4.79 Å². The van der Waals surface area contributed by atoms with Crippen LogP contribution in [0.25, 0.3) is 16.3 Å². The Morgan fingerprint density at radius 1 is 1.04 bits per heavy atom. The van der Waals surface area contributed by atoms with Crippen molar-refractivity contribution in [1.29, 1.82) is 0 Å². The Balaban J connectivity index is 1.42. The van der Waals surface area contributed by atoms with Crippen molar-refractivity contribution in [2.24, 2.45) is 0 Å². The number of carbonyl (C=O) groups is 1. The second-order valence-electron chi connectivity index (χ2n) is 5.90. The minimum atomic E-state index is -0.0324. The lowest BCUT2D eigenvalue weighted by Gasteiger charge is -2.08. The van der Waals surface area contributed by atoms with Crippen molar-refractivity contribution >= 4 is 22.9 Å². The van der Waals surface area contributed by atoms with Gasteiger partial charge in [0.2, 0.25) is 5.91 Å². The van der Waals surface area contributed by atoms with E-state index in [0.29, 0.717) is 6.42 Å². The number of carbonyl (C=O) groups excluding carboxylic acids is 1. The maximum Gasteiger partial charge on any atom is 0.228 e. The topological polar surface area (TPSA) is 46.9 Å². The van der Waals surface area contributed by atoms with Crippen LogP contribution in [0.15, 0.2) is 84.6 Å². The summed E-state index contributed by atoms with van der Waals surface area (Å²) < 4.78 is 2.04. The molecule has 4 aromatic rings. The molecule has 0 spiro atoms. The molecule has 4 nitrogen and oxygen atoms in total. The number of aromatic nitrogens is 2. The summed E-state index contributed by atoms with van der Waals surface area (Å²) in [6.07, 6.45) is 6.12. The van der Waals surface area contributed by atoms with Crippen LogP contribution in [0.4, 0.5) is 5.69 Å². The summed E-state index contributed by atoms with van der Waals surface area (Å²) >= 11 is 1.58. The molecule has 0 radical (unpaired) electrons. The van der Waals surface area contributed by atoms with Crippen molar-refractivity contribution in [3.05, 3.63) is 90.2 Å². The van der Waals surface area contributed by atoms with Gasteiger partial charge in [-0.2, -0.15) is 0 Å². The largest absolute Gasteiger partial charge is 0.326 e. The summed E-state index contributed by atoms with van der Waals surface area (Å²) in [4.78, 5) is 16.7.